The zero-order valence-electron chi connectivity index (χ0n) is 13.7. The highest BCUT2D eigenvalue weighted by atomic mass is 32.1. The van der Waals surface area contributed by atoms with Crippen LogP contribution in [0.15, 0.2) is 42.5 Å². The monoisotopic (exact) mass is 343 g/mol. The lowest BCUT2D eigenvalue weighted by atomic mass is 10.2. The van der Waals surface area contributed by atoms with E-state index in [-0.39, 0.29) is 6.04 Å². The molecule has 0 aliphatic rings. The first-order valence-corrected chi connectivity index (χ1v) is 8.39. The number of nitrogens with one attached hydrogen (secondary N) is 1. The fourth-order valence-electron chi connectivity index (χ4n) is 2.44. The number of nitrogens with zero attached hydrogens (tertiary/aromatic N) is 2. The number of aryl methyl sites for hydroxylation is 1. The van der Waals surface area contributed by atoms with Crippen molar-refractivity contribution in [3.8, 4) is 16.3 Å². The minimum atomic E-state index is -0.493. The fourth-order valence-corrected chi connectivity index (χ4v) is 3.52. The molecule has 0 radical (unpaired) electrons. The van der Waals surface area contributed by atoms with Gasteiger partial charge in [0.1, 0.15) is 16.6 Å². The number of anilines is 1. The number of hydrogen-bond donors (Lipinski definition) is 1. The number of halogens is 1. The average Bonchev–Trinajstić information content (AvgIpc) is 2.97. The molecule has 2 aromatic heterocycles. The minimum Gasteiger partial charge on any atom is -0.497 e. The number of pyridine rings is 1. The standard InChI is InChI=1S/C18H18FN3OS/c1-11(20-16-6-4-5-15(19)22-16)17-12(2)21-18(24-17)13-7-9-14(23-3)10-8-13/h4-11H,1-3H3,(H,20,22). The summed E-state index contributed by atoms with van der Waals surface area (Å²) in [4.78, 5) is 9.61. The smallest absolute Gasteiger partial charge is 0.214 e. The van der Waals surface area contributed by atoms with Gasteiger partial charge in [-0.3, -0.25) is 0 Å². The molecule has 4 nitrogen and oxygen atoms in total. The van der Waals surface area contributed by atoms with Crippen molar-refractivity contribution in [3.63, 3.8) is 0 Å². The first-order chi connectivity index (χ1) is 11.6. The number of hydrogen-bond acceptors (Lipinski definition) is 5. The lowest BCUT2D eigenvalue weighted by Crippen LogP contribution is -2.08. The Hall–Kier alpha value is -2.47. The quantitative estimate of drug-likeness (QED) is 0.674. The first kappa shape index (κ1) is 16.4. The second kappa shape index (κ2) is 6.97. The Labute approximate surface area is 144 Å². The van der Waals surface area contributed by atoms with Gasteiger partial charge in [-0.25, -0.2) is 9.97 Å². The lowest BCUT2D eigenvalue weighted by Gasteiger charge is -2.13. The molecule has 2 heterocycles. The van der Waals surface area contributed by atoms with Gasteiger partial charge in [-0.2, -0.15) is 4.39 Å². The Morgan fingerprint density at radius 2 is 1.88 bits per heavy atom. The van der Waals surface area contributed by atoms with E-state index in [9.17, 15) is 4.39 Å². The van der Waals surface area contributed by atoms with E-state index in [4.69, 9.17) is 4.74 Å². The van der Waals surface area contributed by atoms with Crippen molar-refractivity contribution in [1.82, 2.24) is 9.97 Å². The molecule has 3 aromatic rings. The van der Waals surface area contributed by atoms with Crippen molar-refractivity contribution in [2.45, 2.75) is 19.9 Å². The zero-order chi connectivity index (χ0) is 17.1. The molecule has 1 N–H and O–H groups in total. The van der Waals surface area contributed by atoms with Crippen molar-refractivity contribution in [3.05, 3.63) is 59.0 Å². The van der Waals surface area contributed by atoms with Crippen LogP contribution in [0.5, 0.6) is 5.75 Å². The molecule has 24 heavy (non-hydrogen) atoms. The Morgan fingerprint density at radius 3 is 2.54 bits per heavy atom. The molecule has 0 bridgehead atoms. The van der Waals surface area contributed by atoms with Crippen LogP contribution in [-0.4, -0.2) is 17.1 Å². The van der Waals surface area contributed by atoms with Crippen LogP contribution in [0.2, 0.25) is 0 Å². The van der Waals surface area contributed by atoms with Gasteiger partial charge in [-0.05, 0) is 50.2 Å². The topological polar surface area (TPSA) is 47.0 Å². The molecule has 124 valence electrons. The first-order valence-electron chi connectivity index (χ1n) is 7.57. The number of rotatable bonds is 5. The highest BCUT2D eigenvalue weighted by Gasteiger charge is 2.16. The van der Waals surface area contributed by atoms with Gasteiger partial charge < -0.3 is 10.1 Å². The Kier molecular flexibility index (Phi) is 4.76. The van der Waals surface area contributed by atoms with Crippen LogP contribution < -0.4 is 10.1 Å². The fraction of sp³-hybridized carbons (Fsp3) is 0.222. The van der Waals surface area contributed by atoms with Crippen LogP contribution >= 0.6 is 11.3 Å². The van der Waals surface area contributed by atoms with E-state index >= 15 is 0 Å². The Bertz CT molecular complexity index is 833. The molecule has 0 aliphatic heterocycles. The van der Waals surface area contributed by atoms with Gasteiger partial charge in [0.15, 0.2) is 0 Å². The molecule has 0 fully saturated rings. The third-order valence-corrected chi connectivity index (χ3v) is 5.03. The molecule has 0 saturated heterocycles. The van der Waals surface area contributed by atoms with E-state index < -0.39 is 5.95 Å². The maximum Gasteiger partial charge on any atom is 0.214 e. The second-order valence-corrected chi connectivity index (χ2v) is 6.44. The van der Waals surface area contributed by atoms with E-state index in [1.165, 1.54) is 6.07 Å². The van der Waals surface area contributed by atoms with Crippen LogP contribution in [0.4, 0.5) is 10.2 Å². The number of methoxy groups -OCH3 is 1. The predicted molar refractivity (Wildman–Crippen MR) is 95.1 cm³/mol. The highest BCUT2D eigenvalue weighted by molar-refractivity contribution is 7.15. The molecule has 1 aromatic carbocycles. The highest BCUT2D eigenvalue weighted by Crippen LogP contribution is 2.33. The average molecular weight is 343 g/mol. The molecule has 3 rings (SSSR count). The summed E-state index contributed by atoms with van der Waals surface area (Å²) in [5, 5.41) is 4.17. The molecule has 0 amide bonds. The maximum atomic E-state index is 13.2. The number of benzene rings is 1. The molecular weight excluding hydrogens is 325 g/mol. The van der Waals surface area contributed by atoms with Crippen molar-refractivity contribution in [2.24, 2.45) is 0 Å². The summed E-state index contributed by atoms with van der Waals surface area (Å²) in [7, 11) is 1.65. The maximum absolute atomic E-state index is 13.2. The summed E-state index contributed by atoms with van der Waals surface area (Å²) in [6, 6.07) is 12.5. The summed E-state index contributed by atoms with van der Waals surface area (Å²) in [5.74, 6) is 0.841. The summed E-state index contributed by atoms with van der Waals surface area (Å²) in [6.45, 7) is 4.00. The lowest BCUT2D eigenvalue weighted by molar-refractivity contribution is 0.415. The molecule has 1 atom stereocenters. The predicted octanol–water partition coefficient (Wildman–Crippen LogP) is 4.83. The summed E-state index contributed by atoms with van der Waals surface area (Å²) in [6.07, 6.45) is 0. The van der Waals surface area contributed by atoms with E-state index in [2.05, 4.69) is 15.3 Å². The normalized spacial score (nSPS) is 12.0. The van der Waals surface area contributed by atoms with Crippen LogP contribution in [-0.2, 0) is 0 Å². The SMILES string of the molecule is COc1ccc(-c2nc(C)c(C(C)Nc3cccc(F)n3)s2)cc1. The molecule has 0 aliphatic carbocycles. The van der Waals surface area contributed by atoms with Gasteiger partial charge in [0.2, 0.25) is 5.95 Å². The number of thiazole rings is 1. The Balaban J connectivity index is 1.82. The molecule has 1 unspecified atom stereocenters. The van der Waals surface area contributed by atoms with Gasteiger partial charge >= 0.3 is 0 Å². The van der Waals surface area contributed by atoms with Crippen molar-refractivity contribution in [2.75, 3.05) is 12.4 Å². The van der Waals surface area contributed by atoms with Gasteiger partial charge in [0.05, 0.1) is 18.8 Å². The number of aromatic nitrogens is 2. The van der Waals surface area contributed by atoms with Gasteiger partial charge in [-0.1, -0.05) is 6.07 Å². The van der Waals surface area contributed by atoms with Gasteiger partial charge in [0, 0.05) is 10.4 Å². The van der Waals surface area contributed by atoms with Crippen LogP contribution in [0.1, 0.15) is 23.5 Å². The van der Waals surface area contributed by atoms with Gasteiger partial charge in [-0.15, -0.1) is 11.3 Å². The number of ether oxygens (including phenoxy) is 1. The van der Waals surface area contributed by atoms with Gasteiger partial charge in [0.25, 0.3) is 0 Å². The minimum absolute atomic E-state index is 0.0104. The van der Waals surface area contributed by atoms with Crippen LogP contribution in [0, 0.1) is 12.9 Å². The molecular formula is C18H18FN3OS. The molecule has 0 saturated carbocycles. The van der Waals surface area contributed by atoms with Crippen molar-refractivity contribution in [1.29, 1.82) is 0 Å². The van der Waals surface area contributed by atoms with E-state index in [0.29, 0.717) is 5.82 Å². The third-order valence-electron chi connectivity index (χ3n) is 3.64. The summed E-state index contributed by atoms with van der Waals surface area (Å²) >= 11 is 1.62. The van der Waals surface area contributed by atoms with E-state index in [1.54, 1.807) is 30.6 Å². The molecule has 0 spiro atoms. The van der Waals surface area contributed by atoms with E-state index in [1.807, 2.05) is 38.1 Å². The zero-order valence-corrected chi connectivity index (χ0v) is 14.5. The third kappa shape index (κ3) is 3.54. The second-order valence-electron chi connectivity index (χ2n) is 5.41. The molecule has 6 heteroatoms. The summed E-state index contributed by atoms with van der Waals surface area (Å²) < 4.78 is 18.4. The largest absolute Gasteiger partial charge is 0.497 e. The van der Waals surface area contributed by atoms with Crippen LogP contribution in [0.3, 0.4) is 0 Å². The van der Waals surface area contributed by atoms with Crippen LogP contribution in [0.25, 0.3) is 10.6 Å². The summed E-state index contributed by atoms with van der Waals surface area (Å²) in [5.41, 5.74) is 2.01. The van der Waals surface area contributed by atoms with Crippen molar-refractivity contribution < 1.29 is 9.13 Å². The van der Waals surface area contributed by atoms with E-state index in [0.717, 1.165) is 26.9 Å². The Morgan fingerprint density at radius 1 is 1.12 bits per heavy atom. The van der Waals surface area contributed by atoms with Crippen molar-refractivity contribution >= 4 is 17.2 Å².